The molecule has 0 atom stereocenters. The van der Waals surface area contributed by atoms with Crippen molar-refractivity contribution in [2.24, 2.45) is 5.92 Å². The lowest BCUT2D eigenvalue weighted by Gasteiger charge is -2.38. The highest BCUT2D eigenvalue weighted by Crippen LogP contribution is 2.39. The van der Waals surface area contributed by atoms with Crippen molar-refractivity contribution < 1.29 is 31.1 Å². The molecule has 0 bridgehead atoms. The van der Waals surface area contributed by atoms with E-state index in [2.05, 4.69) is 0 Å². The second kappa shape index (κ2) is 6.78. The molecule has 1 saturated carbocycles. The van der Waals surface area contributed by atoms with E-state index in [9.17, 15) is 26.7 Å². The summed E-state index contributed by atoms with van der Waals surface area (Å²) in [5.41, 5.74) is 0.198. The highest BCUT2D eigenvalue weighted by atomic mass is 32.2. The average molecular weight is 470 g/mol. The number of halogens is 1. The molecule has 9 nitrogen and oxygen atoms in total. The molecule has 2 aliphatic heterocycles. The zero-order valence-corrected chi connectivity index (χ0v) is 17.9. The quantitative estimate of drug-likeness (QED) is 0.669. The standard InChI is InChI=1S/C19H20FN3O6S2/c20-18-15-6-11(5-12-8-22(9-12)30(26,27)14-3-4-14)1-2-13(15)7-16(24)19(18)23-10-17(25)21-31(23,28)29/h1-2,6-7,12,14,24H,3-5,8-10H2,(H,21,25). The van der Waals surface area contributed by atoms with Crippen LogP contribution >= 0.6 is 0 Å². The number of nitrogens with zero attached hydrogens (tertiary/aromatic N) is 2. The van der Waals surface area contributed by atoms with E-state index in [1.54, 1.807) is 22.9 Å². The Hall–Kier alpha value is -2.44. The van der Waals surface area contributed by atoms with E-state index in [-0.39, 0.29) is 16.6 Å². The first-order chi connectivity index (χ1) is 14.6. The van der Waals surface area contributed by atoms with Gasteiger partial charge in [-0.05, 0) is 48.3 Å². The maximum atomic E-state index is 15.3. The second-order valence-electron chi connectivity index (χ2n) is 8.28. The zero-order chi connectivity index (χ0) is 22.1. The van der Waals surface area contributed by atoms with Crippen molar-refractivity contribution in [1.82, 2.24) is 9.03 Å². The third kappa shape index (κ3) is 3.42. The van der Waals surface area contributed by atoms with Gasteiger partial charge in [0.15, 0.2) is 5.82 Å². The van der Waals surface area contributed by atoms with E-state index in [0.29, 0.717) is 29.2 Å². The summed E-state index contributed by atoms with van der Waals surface area (Å²) in [6.45, 7) is 0.241. The van der Waals surface area contributed by atoms with Crippen LogP contribution in [0.2, 0.25) is 0 Å². The Balaban J connectivity index is 1.41. The summed E-state index contributed by atoms with van der Waals surface area (Å²) < 4.78 is 67.7. The highest BCUT2D eigenvalue weighted by Gasteiger charge is 2.45. The Morgan fingerprint density at radius 1 is 1.19 bits per heavy atom. The van der Waals surface area contributed by atoms with Crippen molar-refractivity contribution >= 4 is 42.6 Å². The molecule has 2 saturated heterocycles. The van der Waals surface area contributed by atoms with Gasteiger partial charge in [0.25, 0.3) is 5.91 Å². The first kappa shape index (κ1) is 20.5. The Bertz CT molecular complexity index is 1320. The first-order valence-electron chi connectivity index (χ1n) is 9.82. The fourth-order valence-electron chi connectivity index (χ4n) is 4.15. The van der Waals surface area contributed by atoms with Crippen LogP contribution in [0.3, 0.4) is 0 Å². The van der Waals surface area contributed by atoms with Crippen LogP contribution < -0.4 is 9.03 Å². The summed E-state index contributed by atoms with van der Waals surface area (Å²) in [4.78, 5) is 11.5. The fraction of sp³-hybridized carbons (Fsp3) is 0.421. The molecule has 12 heteroatoms. The normalized spacial score (nSPS) is 22.0. The summed E-state index contributed by atoms with van der Waals surface area (Å²) in [5.74, 6) is -2.23. The van der Waals surface area contributed by atoms with E-state index in [4.69, 9.17) is 0 Å². The van der Waals surface area contributed by atoms with E-state index < -0.39 is 49.9 Å². The van der Waals surface area contributed by atoms with E-state index in [1.165, 1.54) is 10.4 Å². The molecular weight excluding hydrogens is 449 g/mol. The average Bonchev–Trinajstić information content (AvgIpc) is 3.45. The maximum absolute atomic E-state index is 15.3. The molecule has 1 aliphatic carbocycles. The molecule has 31 heavy (non-hydrogen) atoms. The van der Waals surface area contributed by atoms with Crippen LogP contribution in [0.25, 0.3) is 10.8 Å². The SMILES string of the molecule is O=C1CN(c2c(O)cc3ccc(CC4CN(S(=O)(=O)C5CC5)C4)cc3c2F)S(=O)(=O)N1. The third-order valence-corrected chi connectivity index (χ3v) is 9.63. The van der Waals surface area contributed by atoms with Gasteiger partial charge in [0.2, 0.25) is 10.0 Å². The van der Waals surface area contributed by atoms with Gasteiger partial charge in [0, 0.05) is 18.5 Å². The monoisotopic (exact) mass is 469 g/mol. The molecule has 2 heterocycles. The number of nitrogens with one attached hydrogen (secondary N) is 1. The van der Waals surface area contributed by atoms with Crippen molar-refractivity contribution in [2.75, 3.05) is 23.9 Å². The van der Waals surface area contributed by atoms with Crippen LogP contribution in [-0.4, -0.2) is 57.0 Å². The summed E-state index contributed by atoms with van der Waals surface area (Å²) in [7, 11) is -7.46. The van der Waals surface area contributed by atoms with Crippen LogP contribution in [0.5, 0.6) is 5.75 Å². The van der Waals surface area contributed by atoms with Gasteiger partial charge in [-0.25, -0.2) is 26.1 Å². The lowest BCUT2D eigenvalue weighted by molar-refractivity contribution is -0.117. The highest BCUT2D eigenvalue weighted by molar-refractivity contribution is 7.92. The van der Waals surface area contributed by atoms with Crippen molar-refractivity contribution in [1.29, 1.82) is 0 Å². The van der Waals surface area contributed by atoms with Gasteiger partial charge in [0.1, 0.15) is 18.0 Å². The van der Waals surface area contributed by atoms with E-state index in [0.717, 1.165) is 18.4 Å². The number of hydrogen-bond donors (Lipinski definition) is 2. The molecule has 0 radical (unpaired) electrons. The van der Waals surface area contributed by atoms with Crippen LogP contribution in [0.1, 0.15) is 18.4 Å². The number of carbonyl (C=O) groups is 1. The van der Waals surface area contributed by atoms with Crippen LogP contribution in [0.15, 0.2) is 24.3 Å². The minimum absolute atomic E-state index is 0.113. The Morgan fingerprint density at radius 3 is 2.52 bits per heavy atom. The smallest absolute Gasteiger partial charge is 0.326 e. The number of anilines is 1. The Kier molecular flexibility index (Phi) is 4.47. The van der Waals surface area contributed by atoms with Crippen LogP contribution in [-0.2, 0) is 31.4 Å². The lowest BCUT2D eigenvalue weighted by Crippen LogP contribution is -2.51. The molecule has 5 rings (SSSR count). The van der Waals surface area contributed by atoms with Crippen molar-refractivity contribution in [2.45, 2.75) is 24.5 Å². The molecular formula is C19H20FN3O6S2. The number of hydrogen-bond acceptors (Lipinski definition) is 6. The predicted octanol–water partition coefficient (Wildman–Crippen LogP) is 0.832. The Morgan fingerprint density at radius 2 is 1.90 bits per heavy atom. The van der Waals surface area contributed by atoms with Gasteiger partial charge in [-0.1, -0.05) is 12.1 Å². The number of amides is 1. The summed E-state index contributed by atoms with van der Waals surface area (Å²) in [5, 5.41) is 10.5. The second-order valence-corrected chi connectivity index (χ2v) is 12.1. The van der Waals surface area contributed by atoms with Crippen LogP contribution in [0.4, 0.5) is 10.1 Å². The van der Waals surface area contributed by atoms with Gasteiger partial charge in [-0.15, -0.1) is 0 Å². The van der Waals surface area contributed by atoms with Crippen molar-refractivity contribution in [3.05, 3.63) is 35.6 Å². The molecule has 0 spiro atoms. The zero-order valence-electron chi connectivity index (χ0n) is 16.3. The number of sulfonamides is 1. The maximum Gasteiger partial charge on any atom is 0.326 e. The number of phenols is 1. The van der Waals surface area contributed by atoms with Crippen LogP contribution in [0, 0.1) is 11.7 Å². The molecule has 2 aromatic carbocycles. The van der Waals surface area contributed by atoms with E-state index in [1.807, 2.05) is 0 Å². The summed E-state index contributed by atoms with van der Waals surface area (Å²) in [6.07, 6.45) is 1.98. The van der Waals surface area contributed by atoms with Crippen molar-refractivity contribution in [3.8, 4) is 5.75 Å². The first-order valence-corrected chi connectivity index (χ1v) is 12.8. The molecule has 3 fully saturated rings. The Labute approximate surface area is 178 Å². The molecule has 2 N–H and O–H groups in total. The number of benzene rings is 2. The van der Waals surface area contributed by atoms with Gasteiger partial charge in [-0.2, -0.15) is 8.42 Å². The minimum atomic E-state index is -4.28. The molecule has 1 amide bonds. The molecule has 3 aliphatic rings. The van der Waals surface area contributed by atoms with Crippen molar-refractivity contribution in [3.63, 3.8) is 0 Å². The number of rotatable bonds is 5. The summed E-state index contributed by atoms with van der Waals surface area (Å²) in [6, 6.07) is 6.22. The number of aromatic hydroxyl groups is 1. The van der Waals surface area contributed by atoms with Gasteiger partial charge >= 0.3 is 10.2 Å². The number of carbonyl (C=O) groups excluding carboxylic acids is 1. The predicted molar refractivity (Wildman–Crippen MR) is 111 cm³/mol. The van der Waals surface area contributed by atoms with E-state index >= 15 is 4.39 Å². The largest absolute Gasteiger partial charge is 0.506 e. The molecule has 0 unspecified atom stereocenters. The van der Waals surface area contributed by atoms with Gasteiger partial charge < -0.3 is 5.11 Å². The molecule has 2 aromatic rings. The minimum Gasteiger partial charge on any atom is -0.506 e. The summed E-state index contributed by atoms with van der Waals surface area (Å²) >= 11 is 0. The number of phenolic OH excluding ortho intramolecular Hbond substituents is 1. The topological polar surface area (TPSA) is 124 Å². The lowest BCUT2D eigenvalue weighted by atomic mass is 9.93. The number of fused-ring (bicyclic) bond motifs is 1. The third-order valence-electron chi connectivity index (χ3n) is 5.92. The van der Waals surface area contributed by atoms with Gasteiger partial charge in [-0.3, -0.25) is 4.79 Å². The molecule has 166 valence electrons. The fourth-order valence-corrected chi connectivity index (χ4v) is 7.31. The molecule has 0 aromatic heterocycles. The van der Waals surface area contributed by atoms with Gasteiger partial charge in [0.05, 0.1) is 5.25 Å².